The molecule has 2 rings (SSSR count). The molecular formula is C37H48O7. The van der Waals surface area contributed by atoms with E-state index in [1.807, 2.05) is 78.8 Å². The van der Waals surface area contributed by atoms with Crippen LogP contribution in [0.25, 0.3) is 6.08 Å². The lowest BCUT2D eigenvalue weighted by Crippen LogP contribution is -2.26. The van der Waals surface area contributed by atoms with Gasteiger partial charge in [0, 0.05) is 16.7 Å². The van der Waals surface area contributed by atoms with Gasteiger partial charge in [-0.3, -0.25) is 14.4 Å². The molecule has 44 heavy (non-hydrogen) atoms. The van der Waals surface area contributed by atoms with Crippen molar-refractivity contribution in [1.29, 1.82) is 0 Å². The molecule has 0 amide bonds. The van der Waals surface area contributed by atoms with E-state index in [9.17, 15) is 14.4 Å². The highest BCUT2D eigenvalue weighted by Crippen LogP contribution is 2.40. The minimum absolute atomic E-state index is 0.0893. The van der Waals surface area contributed by atoms with Gasteiger partial charge >= 0.3 is 11.9 Å². The summed E-state index contributed by atoms with van der Waals surface area (Å²) in [6.45, 7) is 18.4. The van der Waals surface area contributed by atoms with E-state index in [0.29, 0.717) is 46.8 Å². The average molecular weight is 605 g/mol. The topological polar surface area (TPSA) is 88.1 Å². The van der Waals surface area contributed by atoms with E-state index in [2.05, 4.69) is 0 Å². The second kappa shape index (κ2) is 15.6. The smallest absolute Gasteiger partial charge is 0.316 e. The molecule has 238 valence electrons. The number of rotatable bonds is 12. The quantitative estimate of drug-likeness (QED) is 0.0599. The summed E-state index contributed by atoms with van der Waals surface area (Å²) in [4.78, 5) is 39.0. The highest BCUT2D eigenvalue weighted by Gasteiger charge is 2.29. The molecule has 0 aromatic heterocycles. The van der Waals surface area contributed by atoms with Gasteiger partial charge in [-0.25, -0.2) is 0 Å². The minimum atomic E-state index is -0.719. The van der Waals surface area contributed by atoms with Gasteiger partial charge in [-0.2, -0.15) is 0 Å². The Bertz CT molecular complexity index is 1410. The first kappa shape index (κ1) is 36.1. The van der Waals surface area contributed by atoms with Crippen molar-refractivity contribution in [1.82, 2.24) is 0 Å². The summed E-state index contributed by atoms with van der Waals surface area (Å²) in [5.41, 5.74) is 1.08. The summed E-state index contributed by atoms with van der Waals surface area (Å²) in [6, 6.07) is 8.23. The van der Waals surface area contributed by atoms with Crippen molar-refractivity contribution in [3.05, 3.63) is 82.6 Å². The molecule has 0 saturated carbocycles. The van der Waals surface area contributed by atoms with Crippen LogP contribution in [0.15, 0.2) is 60.4 Å². The molecule has 0 aliphatic heterocycles. The first-order valence-electron chi connectivity index (χ1n) is 15.0. The van der Waals surface area contributed by atoms with E-state index >= 15 is 0 Å². The van der Waals surface area contributed by atoms with E-state index in [1.165, 1.54) is 7.11 Å². The molecule has 0 aliphatic carbocycles. The Morgan fingerprint density at radius 3 is 1.84 bits per heavy atom. The molecule has 7 heteroatoms. The van der Waals surface area contributed by atoms with Crippen molar-refractivity contribution < 1.29 is 33.3 Å². The van der Waals surface area contributed by atoms with Crippen LogP contribution in [0.1, 0.15) is 96.3 Å². The predicted molar refractivity (Wildman–Crippen MR) is 175 cm³/mol. The summed E-state index contributed by atoms with van der Waals surface area (Å²) in [5, 5.41) is 0. The molecule has 7 nitrogen and oxygen atoms in total. The Morgan fingerprint density at radius 1 is 0.795 bits per heavy atom. The summed E-state index contributed by atoms with van der Waals surface area (Å²) < 4.78 is 23.5. The van der Waals surface area contributed by atoms with Crippen molar-refractivity contribution in [2.75, 3.05) is 7.11 Å². The van der Waals surface area contributed by atoms with Crippen molar-refractivity contribution in [2.24, 2.45) is 10.8 Å². The van der Waals surface area contributed by atoms with Crippen LogP contribution in [0.2, 0.25) is 0 Å². The van der Waals surface area contributed by atoms with Crippen LogP contribution in [-0.2, 0) is 27.2 Å². The van der Waals surface area contributed by atoms with Gasteiger partial charge in [0.2, 0.25) is 5.78 Å². The predicted octanol–water partition coefficient (Wildman–Crippen LogP) is 8.48. The molecular weight excluding hydrogens is 556 g/mol. The normalized spacial score (nSPS) is 12.6. The van der Waals surface area contributed by atoms with E-state index in [4.69, 9.17) is 18.9 Å². The number of allylic oxidation sites excluding steroid dienone is 5. The van der Waals surface area contributed by atoms with Crippen molar-refractivity contribution in [3.8, 4) is 17.2 Å². The number of ketones is 1. The average Bonchev–Trinajstić information content (AvgIpc) is 2.94. The summed E-state index contributed by atoms with van der Waals surface area (Å²) in [6.07, 6.45) is 10.2. The van der Waals surface area contributed by atoms with Gasteiger partial charge in [-0.1, -0.05) is 24.3 Å². The third kappa shape index (κ3) is 9.97. The lowest BCUT2D eigenvalue weighted by molar-refractivity contribution is -0.143. The number of hydrogen-bond donors (Lipinski definition) is 0. The second-order valence-electron chi connectivity index (χ2n) is 12.8. The molecule has 0 fully saturated rings. The van der Waals surface area contributed by atoms with Crippen molar-refractivity contribution in [2.45, 2.75) is 88.2 Å². The number of carbonyl (C=O) groups excluding carboxylic acids is 3. The van der Waals surface area contributed by atoms with Crippen LogP contribution in [0.3, 0.4) is 0 Å². The monoisotopic (exact) mass is 604 g/mol. The van der Waals surface area contributed by atoms with Gasteiger partial charge in [0.15, 0.2) is 5.76 Å². The number of hydrogen-bond acceptors (Lipinski definition) is 7. The third-order valence-electron chi connectivity index (χ3n) is 6.39. The number of esters is 2. The van der Waals surface area contributed by atoms with Gasteiger partial charge in [0.1, 0.15) is 17.2 Å². The van der Waals surface area contributed by atoms with Gasteiger partial charge in [0.25, 0.3) is 0 Å². The molecule has 2 aromatic rings. The molecule has 0 saturated heterocycles. The highest BCUT2D eigenvalue weighted by molar-refractivity contribution is 6.10. The largest absolute Gasteiger partial charge is 0.493 e. The number of methoxy groups -OCH3 is 1. The zero-order valence-electron chi connectivity index (χ0n) is 28.1. The fraction of sp³-hybridized carbons (Fsp3) is 0.432. The van der Waals surface area contributed by atoms with Gasteiger partial charge < -0.3 is 18.9 Å². The minimum Gasteiger partial charge on any atom is -0.493 e. The molecule has 0 spiro atoms. The van der Waals surface area contributed by atoms with E-state index < -0.39 is 10.8 Å². The van der Waals surface area contributed by atoms with Crippen LogP contribution in [0.5, 0.6) is 17.2 Å². The standard InChI is InChI=1S/C37H48O7/c1-12-14-16-26-22-27(33(42-24(3)4)29(17-15-13-2)32(26)44-35(40)37(8,9)10)23-30(41-11)31(38)25-18-20-28(21-19-25)43-34(39)36(5,6)7/h12-15,18-24H,16-17H2,1-11H3. The fourth-order valence-corrected chi connectivity index (χ4v) is 3.90. The first-order valence-corrected chi connectivity index (χ1v) is 15.0. The maximum Gasteiger partial charge on any atom is 0.316 e. The fourth-order valence-electron chi connectivity index (χ4n) is 3.90. The maximum absolute atomic E-state index is 13.6. The molecule has 0 N–H and O–H groups in total. The first-order chi connectivity index (χ1) is 20.5. The molecule has 0 radical (unpaired) electrons. The van der Waals surface area contributed by atoms with Crippen molar-refractivity contribution >= 4 is 23.8 Å². The Hall–Kier alpha value is -4.13. The Labute approximate surface area is 262 Å². The number of Topliss-reactive ketones (excluding diaryl/α,β-unsaturated/α-hetero) is 1. The summed E-state index contributed by atoms with van der Waals surface area (Å²) >= 11 is 0. The lowest BCUT2D eigenvalue weighted by atomic mass is 9.94. The van der Waals surface area contributed by atoms with Gasteiger partial charge in [0.05, 0.1) is 24.0 Å². The van der Waals surface area contributed by atoms with Crippen molar-refractivity contribution in [3.63, 3.8) is 0 Å². The van der Waals surface area contributed by atoms with E-state index in [-0.39, 0.29) is 29.6 Å². The van der Waals surface area contributed by atoms with Crippen LogP contribution in [-0.4, -0.2) is 30.9 Å². The highest BCUT2D eigenvalue weighted by atomic mass is 16.5. The lowest BCUT2D eigenvalue weighted by Gasteiger charge is -2.24. The zero-order chi connectivity index (χ0) is 33.2. The molecule has 0 atom stereocenters. The Morgan fingerprint density at radius 2 is 1.34 bits per heavy atom. The number of carbonyl (C=O) groups is 3. The van der Waals surface area contributed by atoms with Crippen LogP contribution in [0, 0.1) is 10.8 Å². The van der Waals surface area contributed by atoms with Gasteiger partial charge in [-0.15, -0.1) is 0 Å². The van der Waals surface area contributed by atoms with Crippen LogP contribution >= 0.6 is 0 Å². The number of ether oxygens (including phenoxy) is 4. The molecule has 0 unspecified atom stereocenters. The van der Waals surface area contributed by atoms with Crippen LogP contribution < -0.4 is 14.2 Å². The van der Waals surface area contributed by atoms with E-state index in [0.717, 1.165) is 5.56 Å². The maximum atomic E-state index is 13.6. The summed E-state index contributed by atoms with van der Waals surface area (Å²) in [5.74, 6) is 0.316. The second-order valence-corrected chi connectivity index (χ2v) is 12.8. The SMILES string of the molecule is CC=CCc1cc(C=C(OC)C(=O)c2ccc(OC(=O)C(C)(C)C)cc2)c(OC(C)C)c(CC=CC)c1OC(=O)C(C)(C)C. The van der Waals surface area contributed by atoms with Crippen LogP contribution in [0.4, 0.5) is 0 Å². The number of benzene rings is 2. The Kier molecular flexibility index (Phi) is 12.7. The van der Waals surface area contributed by atoms with Gasteiger partial charge in [-0.05, 0) is 124 Å². The molecule has 0 bridgehead atoms. The molecule has 0 aliphatic rings. The van der Waals surface area contributed by atoms with E-state index in [1.54, 1.807) is 51.1 Å². The molecule has 2 aromatic carbocycles. The summed E-state index contributed by atoms with van der Waals surface area (Å²) in [7, 11) is 1.44. The zero-order valence-corrected chi connectivity index (χ0v) is 28.1. The molecule has 0 heterocycles. The third-order valence-corrected chi connectivity index (χ3v) is 6.39. The Balaban J connectivity index is 2.74.